The maximum Gasteiger partial charge on any atom is 0.387 e. The minimum absolute atomic E-state index is 0.130. The Balaban J connectivity index is 2.99. The molecule has 3 N–H and O–H groups in total. The van der Waals surface area contributed by atoms with Gasteiger partial charge in [-0.05, 0) is 37.5 Å². The van der Waals surface area contributed by atoms with E-state index in [1.165, 1.54) is 25.3 Å². The molecule has 0 bridgehead atoms. The van der Waals surface area contributed by atoms with Crippen LogP contribution in [0.25, 0.3) is 0 Å². The minimum Gasteiger partial charge on any atom is -0.493 e. The molecule has 0 saturated heterocycles. The topological polar surface area (TPSA) is 73.6 Å². The number of amides is 1. The van der Waals surface area contributed by atoms with Crippen LogP contribution in [0.15, 0.2) is 18.2 Å². The lowest BCUT2D eigenvalue weighted by Gasteiger charge is -2.31. The number of carbonyl (C=O) groups excluding carboxylic acids is 1. The SMILES string of the molecule is COc1ccc(C(=O)NC(C)(CN)CC(C)C)cc1OC(F)F. The number of ether oxygens (including phenoxy) is 2. The van der Waals surface area contributed by atoms with E-state index in [0.29, 0.717) is 12.3 Å². The first-order chi connectivity index (χ1) is 10.7. The molecule has 1 rings (SSSR count). The van der Waals surface area contributed by atoms with Crippen molar-refractivity contribution in [2.45, 2.75) is 39.3 Å². The van der Waals surface area contributed by atoms with Crippen LogP contribution in [0.2, 0.25) is 0 Å². The average Bonchev–Trinajstić information content (AvgIpc) is 2.45. The van der Waals surface area contributed by atoms with Crippen LogP contribution in [0, 0.1) is 5.92 Å². The molecular formula is C16H24F2N2O3. The van der Waals surface area contributed by atoms with Crippen LogP contribution >= 0.6 is 0 Å². The fourth-order valence-corrected chi connectivity index (χ4v) is 2.44. The molecule has 1 aromatic carbocycles. The molecule has 1 aromatic rings. The van der Waals surface area contributed by atoms with E-state index in [-0.39, 0.29) is 23.6 Å². The van der Waals surface area contributed by atoms with Crippen LogP contribution in [0.4, 0.5) is 8.78 Å². The summed E-state index contributed by atoms with van der Waals surface area (Å²) < 4.78 is 34.2. The molecule has 0 saturated carbocycles. The van der Waals surface area contributed by atoms with Gasteiger partial charge in [-0.2, -0.15) is 8.78 Å². The molecule has 0 heterocycles. The van der Waals surface area contributed by atoms with Gasteiger partial charge in [-0.1, -0.05) is 13.8 Å². The monoisotopic (exact) mass is 330 g/mol. The summed E-state index contributed by atoms with van der Waals surface area (Å²) in [5.41, 5.74) is 5.39. The zero-order valence-corrected chi connectivity index (χ0v) is 13.9. The van der Waals surface area contributed by atoms with E-state index in [0.717, 1.165) is 0 Å². The maximum absolute atomic E-state index is 12.4. The Kier molecular flexibility index (Phi) is 6.75. The first kappa shape index (κ1) is 19.2. The van der Waals surface area contributed by atoms with Gasteiger partial charge >= 0.3 is 6.61 Å². The fourth-order valence-electron chi connectivity index (χ4n) is 2.44. The van der Waals surface area contributed by atoms with E-state index in [1.807, 2.05) is 20.8 Å². The molecule has 0 aliphatic heterocycles. The number of hydrogen-bond acceptors (Lipinski definition) is 4. The number of hydrogen-bond donors (Lipinski definition) is 2. The number of nitrogens with one attached hydrogen (secondary N) is 1. The van der Waals surface area contributed by atoms with E-state index in [4.69, 9.17) is 10.5 Å². The van der Waals surface area contributed by atoms with Gasteiger partial charge in [0.1, 0.15) is 0 Å². The first-order valence-corrected chi connectivity index (χ1v) is 7.36. The van der Waals surface area contributed by atoms with Crippen molar-refractivity contribution in [1.29, 1.82) is 0 Å². The van der Waals surface area contributed by atoms with Gasteiger partial charge in [0, 0.05) is 17.6 Å². The largest absolute Gasteiger partial charge is 0.493 e. The van der Waals surface area contributed by atoms with Crippen LogP contribution in [0.5, 0.6) is 11.5 Å². The Labute approximate surface area is 135 Å². The first-order valence-electron chi connectivity index (χ1n) is 7.36. The third kappa shape index (κ3) is 5.67. The van der Waals surface area contributed by atoms with E-state index < -0.39 is 18.1 Å². The van der Waals surface area contributed by atoms with Crippen LogP contribution < -0.4 is 20.5 Å². The summed E-state index contributed by atoms with van der Waals surface area (Å²) in [6, 6.07) is 4.13. The molecule has 0 aromatic heterocycles. The smallest absolute Gasteiger partial charge is 0.387 e. The Morgan fingerprint density at radius 1 is 1.35 bits per heavy atom. The second-order valence-corrected chi connectivity index (χ2v) is 6.06. The molecule has 0 fully saturated rings. The van der Waals surface area contributed by atoms with Crippen molar-refractivity contribution in [3.05, 3.63) is 23.8 Å². The van der Waals surface area contributed by atoms with E-state index >= 15 is 0 Å². The van der Waals surface area contributed by atoms with Crippen molar-refractivity contribution < 1.29 is 23.0 Å². The normalized spacial score (nSPS) is 13.8. The Hall–Kier alpha value is -1.89. The summed E-state index contributed by atoms with van der Waals surface area (Å²) in [7, 11) is 1.33. The Bertz CT molecular complexity index is 538. The molecule has 1 unspecified atom stereocenters. The molecule has 7 heteroatoms. The minimum atomic E-state index is -3.00. The second kappa shape index (κ2) is 8.10. The van der Waals surface area contributed by atoms with E-state index in [2.05, 4.69) is 10.1 Å². The van der Waals surface area contributed by atoms with Crippen molar-refractivity contribution in [3.63, 3.8) is 0 Å². The number of alkyl halides is 2. The molecule has 0 spiro atoms. The summed E-state index contributed by atoms with van der Waals surface area (Å²) in [6.07, 6.45) is 0.700. The van der Waals surface area contributed by atoms with Gasteiger partial charge in [0.05, 0.1) is 7.11 Å². The van der Waals surface area contributed by atoms with Crippen molar-refractivity contribution in [2.24, 2.45) is 11.7 Å². The standard InChI is InChI=1S/C16H24F2N2O3/c1-10(2)8-16(3,9-19)20-14(21)11-5-6-12(22-4)13(7-11)23-15(17)18/h5-7,10,15H,8-9,19H2,1-4H3,(H,20,21). The lowest BCUT2D eigenvalue weighted by Crippen LogP contribution is -2.52. The summed E-state index contributed by atoms with van der Waals surface area (Å²) in [5, 5.41) is 2.86. The third-order valence-electron chi connectivity index (χ3n) is 3.37. The Morgan fingerprint density at radius 2 is 2.00 bits per heavy atom. The summed E-state index contributed by atoms with van der Waals surface area (Å²) >= 11 is 0. The molecule has 130 valence electrons. The highest BCUT2D eigenvalue weighted by Crippen LogP contribution is 2.29. The second-order valence-electron chi connectivity index (χ2n) is 6.06. The number of nitrogens with two attached hydrogens (primary N) is 1. The van der Waals surface area contributed by atoms with Crippen molar-refractivity contribution in [3.8, 4) is 11.5 Å². The van der Waals surface area contributed by atoms with Crippen LogP contribution in [-0.4, -0.2) is 31.7 Å². The number of carbonyl (C=O) groups is 1. The van der Waals surface area contributed by atoms with E-state index in [1.54, 1.807) is 0 Å². The van der Waals surface area contributed by atoms with Gasteiger partial charge in [-0.15, -0.1) is 0 Å². The van der Waals surface area contributed by atoms with Crippen molar-refractivity contribution in [2.75, 3.05) is 13.7 Å². The molecule has 1 atom stereocenters. The third-order valence-corrected chi connectivity index (χ3v) is 3.37. The lowest BCUT2D eigenvalue weighted by molar-refractivity contribution is -0.0512. The predicted octanol–water partition coefficient (Wildman–Crippen LogP) is 2.79. The highest BCUT2D eigenvalue weighted by Gasteiger charge is 2.27. The van der Waals surface area contributed by atoms with Gasteiger partial charge in [0.15, 0.2) is 11.5 Å². The molecule has 0 aliphatic rings. The highest BCUT2D eigenvalue weighted by molar-refractivity contribution is 5.95. The summed E-state index contributed by atoms with van der Waals surface area (Å²) in [6.45, 7) is 3.18. The van der Waals surface area contributed by atoms with Crippen LogP contribution in [0.3, 0.4) is 0 Å². The Morgan fingerprint density at radius 3 is 2.48 bits per heavy atom. The van der Waals surface area contributed by atoms with Gasteiger partial charge in [-0.3, -0.25) is 4.79 Å². The van der Waals surface area contributed by atoms with Gasteiger partial charge in [-0.25, -0.2) is 0 Å². The summed E-state index contributed by atoms with van der Waals surface area (Å²) in [4.78, 5) is 12.4. The van der Waals surface area contributed by atoms with E-state index in [9.17, 15) is 13.6 Å². The molecule has 0 aliphatic carbocycles. The zero-order valence-electron chi connectivity index (χ0n) is 13.9. The maximum atomic E-state index is 12.4. The molecular weight excluding hydrogens is 306 g/mol. The average molecular weight is 330 g/mol. The summed E-state index contributed by atoms with van der Waals surface area (Å²) in [5.74, 6) is -0.114. The van der Waals surface area contributed by atoms with Gasteiger partial charge in [0.2, 0.25) is 0 Å². The number of rotatable bonds is 8. The molecule has 23 heavy (non-hydrogen) atoms. The van der Waals surface area contributed by atoms with Crippen LogP contribution in [0.1, 0.15) is 37.6 Å². The van der Waals surface area contributed by atoms with Crippen LogP contribution in [-0.2, 0) is 0 Å². The van der Waals surface area contributed by atoms with Gasteiger partial charge in [0.25, 0.3) is 5.91 Å². The quantitative estimate of drug-likeness (QED) is 0.769. The zero-order chi connectivity index (χ0) is 17.6. The lowest BCUT2D eigenvalue weighted by atomic mass is 9.90. The molecule has 0 radical (unpaired) electrons. The number of benzene rings is 1. The van der Waals surface area contributed by atoms with Crippen molar-refractivity contribution in [1.82, 2.24) is 5.32 Å². The highest BCUT2D eigenvalue weighted by atomic mass is 19.3. The molecule has 5 nitrogen and oxygen atoms in total. The number of halogens is 2. The molecule has 1 amide bonds. The van der Waals surface area contributed by atoms with Gasteiger partial charge < -0.3 is 20.5 Å². The number of methoxy groups -OCH3 is 1. The van der Waals surface area contributed by atoms with Crippen molar-refractivity contribution >= 4 is 5.91 Å². The fraction of sp³-hybridized carbons (Fsp3) is 0.562. The predicted molar refractivity (Wildman–Crippen MR) is 84.0 cm³/mol.